The van der Waals surface area contributed by atoms with Gasteiger partial charge in [-0.15, -0.1) is 0 Å². The van der Waals surface area contributed by atoms with Gasteiger partial charge in [-0.1, -0.05) is 41.9 Å². The topological polar surface area (TPSA) is 105 Å². The number of carbonyl (C=O) groups is 4. The molecule has 8 nitrogen and oxygen atoms in total. The van der Waals surface area contributed by atoms with Crippen molar-refractivity contribution >= 4 is 52.4 Å². The Balaban J connectivity index is 1.55. The van der Waals surface area contributed by atoms with E-state index < -0.39 is 23.0 Å². The first-order valence-electron chi connectivity index (χ1n) is 9.13. The van der Waals surface area contributed by atoms with Gasteiger partial charge >= 0.3 is 0 Å². The fourth-order valence-electron chi connectivity index (χ4n) is 2.73. The number of thioether (sulfide) groups is 1. The molecule has 0 bridgehead atoms. The third-order valence-electron chi connectivity index (χ3n) is 4.30. The lowest BCUT2D eigenvalue weighted by atomic mass is 10.2. The molecule has 1 saturated heterocycles. The van der Waals surface area contributed by atoms with Crippen molar-refractivity contribution in [2.45, 2.75) is 6.42 Å². The van der Waals surface area contributed by atoms with E-state index in [1.165, 1.54) is 13.2 Å². The average Bonchev–Trinajstić information content (AvgIpc) is 3.03. The van der Waals surface area contributed by atoms with Gasteiger partial charge in [-0.2, -0.15) is 0 Å². The average molecular weight is 460 g/mol. The molecule has 1 aliphatic rings. The molecule has 0 aliphatic carbocycles. The van der Waals surface area contributed by atoms with Gasteiger partial charge in [0.1, 0.15) is 5.75 Å². The van der Waals surface area contributed by atoms with Crippen LogP contribution >= 0.6 is 23.4 Å². The quantitative estimate of drug-likeness (QED) is 0.507. The summed E-state index contributed by atoms with van der Waals surface area (Å²) in [5.74, 6) is -1.06. The normalized spacial score (nSPS) is 14.6. The molecule has 10 heteroatoms. The Labute approximate surface area is 187 Å². The van der Waals surface area contributed by atoms with Gasteiger partial charge in [-0.05, 0) is 36.0 Å². The minimum Gasteiger partial charge on any atom is -0.496 e. The highest BCUT2D eigenvalue weighted by atomic mass is 35.5. The Morgan fingerprint density at radius 2 is 1.81 bits per heavy atom. The number of methoxy groups -OCH3 is 1. The zero-order valence-corrected chi connectivity index (χ0v) is 18.0. The molecular weight excluding hydrogens is 442 g/mol. The molecule has 2 aromatic rings. The van der Waals surface area contributed by atoms with Crippen LogP contribution in [0.25, 0.3) is 6.08 Å². The van der Waals surface area contributed by atoms with Gasteiger partial charge in [0.2, 0.25) is 5.91 Å². The number of benzene rings is 2. The third-order valence-corrected chi connectivity index (χ3v) is 5.53. The molecule has 160 valence electrons. The molecular formula is C21H18ClN3O5S. The largest absolute Gasteiger partial charge is 0.496 e. The van der Waals surface area contributed by atoms with E-state index in [0.717, 1.165) is 16.7 Å². The molecule has 2 N–H and O–H groups in total. The van der Waals surface area contributed by atoms with Crippen molar-refractivity contribution in [3.63, 3.8) is 0 Å². The molecule has 0 radical (unpaired) electrons. The smallest absolute Gasteiger partial charge is 0.293 e. The van der Waals surface area contributed by atoms with Gasteiger partial charge < -0.3 is 4.74 Å². The summed E-state index contributed by atoms with van der Waals surface area (Å²) in [6, 6.07) is 13.5. The minimum absolute atomic E-state index is 0.123. The van der Waals surface area contributed by atoms with E-state index in [9.17, 15) is 19.2 Å². The first kappa shape index (κ1) is 22.4. The van der Waals surface area contributed by atoms with Crippen molar-refractivity contribution in [2.24, 2.45) is 0 Å². The van der Waals surface area contributed by atoms with E-state index in [-0.39, 0.29) is 28.5 Å². The number of amides is 4. The number of nitrogens with one attached hydrogen (secondary N) is 2. The molecule has 1 aliphatic heterocycles. The molecule has 0 saturated carbocycles. The summed E-state index contributed by atoms with van der Waals surface area (Å²) >= 11 is 6.73. The van der Waals surface area contributed by atoms with E-state index in [2.05, 4.69) is 10.9 Å². The number of hydrazine groups is 1. The highest BCUT2D eigenvalue weighted by molar-refractivity contribution is 8.18. The third kappa shape index (κ3) is 5.44. The van der Waals surface area contributed by atoms with Crippen LogP contribution < -0.4 is 15.6 Å². The van der Waals surface area contributed by atoms with E-state index in [0.29, 0.717) is 11.3 Å². The Morgan fingerprint density at radius 3 is 2.55 bits per heavy atom. The second-order valence-electron chi connectivity index (χ2n) is 6.31. The predicted octanol–water partition coefficient (Wildman–Crippen LogP) is 3.24. The number of nitrogens with zero attached hydrogens (tertiary/aromatic N) is 1. The SMILES string of the molecule is COc1ccccc1/C=C1/SC(=O)N(CCC(=O)NNC(=O)c2ccccc2Cl)C1=O. The van der Waals surface area contributed by atoms with E-state index in [1.807, 2.05) is 0 Å². The molecule has 0 atom stereocenters. The van der Waals surface area contributed by atoms with Crippen molar-refractivity contribution in [2.75, 3.05) is 13.7 Å². The summed E-state index contributed by atoms with van der Waals surface area (Å²) in [5.41, 5.74) is 5.36. The monoisotopic (exact) mass is 459 g/mol. The van der Waals surface area contributed by atoms with Crippen LogP contribution in [0.5, 0.6) is 5.75 Å². The number of carbonyl (C=O) groups excluding carboxylic acids is 4. The van der Waals surface area contributed by atoms with Gasteiger partial charge in [0, 0.05) is 18.5 Å². The Bertz CT molecular complexity index is 1070. The van der Waals surface area contributed by atoms with Gasteiger partial charge in [0.15, 0.2) is 0 Å². The Kier molecular flexibility index (Phi) is 7.32. The summed E-state index contributed by atoms with van der Waals surface area (Å²) in [6.07, 6.45) is 1.40. The second kappa shape index (κ2) is 10.1. The first-order chi connectivity index (χ1) is 14.9. The predicted molar refractivity (Wildman–Crippen MR) is 117 cm³/mol. The summed E-state index contributed by atoms with van der Waals surface area (Å²) < 4.78 is 5.25. The highest BCUT2D eigenvalue weighted by Crippen LogP contribution is 2.33. The fraction of sp³-hybridized carbons (Fsp3) is 0.143. The lowest BCUT2D eigenvalue weighted by Gasteiger charge is -2.13. The summed E-state index contributed by atoms with van der Waals surface area (Å²) in [6.45, 7) is -0.123. The fourth-order valence-corrected chi connectivity index (χ4v) is 3.81. The van der Waals surface area contributed by atoms with Crippen LogP contribution in [0.15, 0.2) is 53.4 Å². The van der Waals surface area contributed by atoms with Crippen LogP contribution in [0.4, 0.5) is 4.79 Å². The van der Waals surface area contributed by atoms with E-state index in [4.69, 9.17) is 16.3 Å². The molecule has 0 unspecified atom stereocenters. The van der Waals surface area contributed by atoms with Crippen molar-refractivity contribution in [3.8, 4) is 5.75 Å². The number of imide groups is 1. The van der Waals surface area contributed by atoms with Crippen LogP contribution in [0.2, 0.25) is 5.02 Å². The number of hydrogen-bond acceptors (Lipinski definition) is 6. The number of para-hydroxylation sites is 1. The lowest BCUT2D eigenvalue weighted by molar-refractivity contribution is -0.124. The van der Waals surface area contributed by atoms with Crippen LogP contribution in [0, 0.1) is 0 Å². The summed E-state index contributed by atoms with van der Waals surface area (Å²) in [7, 11) is 1.52. The second-order valence-corrected chi connectivity index (χ2v) is 7.71. The molecule has 1 fully saturated rings. The van der Waals surface area contributed by atoms with Gasteiger partial charge in [0.25, 0.3) is 17.1 Å². The molecule has 1 heterocycles. The minimum atomic E-state index is -0.579. The maximum atomic E-state index is 12.6. The summed E-state index contributed by atoms with van der Waals surface area (Å²) in [5, 5.41) is -0.229. The first-order valence-corrected chi connectivity index (χ1v) is 10.3. The zero-order valence-electron chi connectivity index (χ0n) is 16.4. The van der Waals surface area contributed by atoms with Crippen LogP contribution in [-0.4, -0.2) is 41.5 Å². The molecule has 31 heavy (non-hydrogen) atoms. The molecule has 4 amide bonds. The summed E-state index contributed by atoms with van der Waals surface area (Å²) in [4.78, 5) is 50.1. The molecule has 3 rings (SSSR count). The maximum Gasteiger partial charge on any atom is 0.293 e. The van der Waals surface area contributed by atoms with Gasteiger partial charge in [-0.25, -0.2) is 0 Å². The lowest BCUT2D eigenvalue weighted by Crippen LogP contribution is -2.43. The Morgan fingerprint density at radius 1 is 1.10 bits per heavy atom. The van der Waals surface area contributed by atoms with Gasteiger partial charge in [0.05, 0.1) is 22.6 Å². The van der Waals surface area contributed by atoms with Crippen LogP contribution in [-0.2, 0) is 9.59 Å². The molecule has 0 spiro atoms. The van der Waals surface area contributed by atoms with Crippen molar-refractivity contribution < 1.29 is 23.9 Å². The number of halogens is 1. The standard InChI is InChI=1S/C21H18ClN3O5S/c1-30-16-9-5-2-6-13(16)12-17-20(28)25(21(29)31-17)11-10-18(26)23-24-19(27)14-7-3-4-8-15(14)22/h2-9,12H,10-11H2,1H3,(H,23,26)(H,24,27)/b17-12+. The molecule has 2 aromatic carbocycles. The van der Waals surface area contributed by atoms with Crippen molar-refractivity contribution in [1.82, 2.24) is 15.8 Å². The van der Waals surface area contributed by atoms with E-state index in [1.54, 1.807) is 48.5 Å². The highest BCUT2D eigenvalue weighted by Gasteiger charge is 2.35. The number of ether oxygens (including phenoxy) is 1. The number of hydrogen-bond donors (Lipinski definition) is 2. The number of rotatable bonds is 6. The van der Waals surface area contributed by atoms with Crippen molar-refractivity contribution in [1.29, 1.82) is 0 Å². The maximum absolute atomic E-state index is 12.6. The van der Waals surface area contributed by atoms with E-state index >= 15 is 0 Å². The van der Waals surface area contributed by atoms with Crippen LogP contribution in [0.3, 0.4) is 0 Å². The van der Waals surface area contributed by atoms with Crippen LogP contribution in [0.1, 0.15) is 22.3 Å². The molecule has 0 aromatic heterocycles. The Hall–Kier alpha value is -3.30. The van der Waals surface area contributed by atoms with Gasteiger partial charge in [-0.3, -0.25) is 34.9 Å². The van der Waals surface area contributed by atoms with Crippen molar-refractivity contribution in [3.05, 3.63) is 69.6 Å². The zero-order chi connectivity index (χ0) is 22.4.